The lowest BCUT2D eigenvalue weighted by Gasteiger charge is -2.29. The lowest BCUT2D eigenvalue weighted by atomic mass is 9.84. The zero-order chi connectivity index (χ0) is 18.7. The van der Waals surface area contributed by atoms with Gasteiger partial charge in [-0.05, 0) is 43.4 Å². The van der Waals surface area contributed by atoms with Crippen LogP contribution < -0.4 is 10.1 Å². The summed E-state index contributed by atoms with van der Waals surface area (Å²) < 4.78 is 29.4. The molecule has 1 amide bonds. The molecule has 6 heteroatoms. The Morgan fingerprint density at radius 3 is 2.88 bits per heavy atom. The zero-order valence-electron chi connectivity index (χ0n) is 15.1. The highest BCUT2D eigenvalue weighted by atomic mass is 19.3. The smallest absolute Gasteiger partial charge is 0.387 e. The number of benzene rings is 1. The summed E-state index contributed by atoms with van der Waals surface area (Å²) in [6, 6.07) is 5.15. The van der Waals surface area contributed by atoms with Crippen molar-refractivity contribution in [3.05, 3.63) is 35.5 Å². The van der Waals surface area contributed by atoms with Crippen molar-refractivity contribution in [1.29, 1.82) is 0 Å². The minimum Gasteiger partial charge on any atom is -0.434 e. The maximum absolute atomic E-state index is 12.6. The second-order valence-electron chi connectivity index (χ2n) is 7.02. The van der Waals surface area contributed by atoms with Gasteiger partial charge in [0.1, 0.15) is 5.75 Å². The van der Waals surface area contributed by atoms with Crippen LogP contribution in [0.25, 0.3) is 10.9 Å². The zero-order valence-corrected chi connectivity index (χ0v) is 15.1. The Hall–Kier alpha value is -2.24. The largest absolute Gasteiger partial charge is 0.434 e. The summed E-state index contributed by atoms with van der Waals surface area (Å²) in [5.41, 5.74) is 1.58. The van der Waals surface area contributed by atoms with Crippen molar-refractivity contribution in [2.45, 2.75) is 58.6 Å². The number of amides is 1. The SMILES string of the molecule is CCC1CCCC(NC(=O)c2cnc3cc(OC(F)F)c(C)cc3c2)C1. The number of nitrogens with one attached hydrogen (secondary N) is 1. The van der Waals surface area contributed by atoms with E-state index in [1.54, 1.807) is 19.1 Å². The van der Waals surface area contributed by atoms with E-state index in [0.717, 1.165) is 31.1 Å². The fourth-order valence-electron chi connectivity index (χ4n) is 3.68. The number of carbonyl (C=O) groups excluding carboxylic acids is 1. The first kappa shape index (κ1) is 18.5. The molecule has 1 saturated carbocycles. The maximum atomic E-state index is 12.6. The quantitative estimate of drug-likeness (QED) is 0.828. The number of hydrogen-bond donors (Lipinski definition) is 1. The highest BCUT2D eigenvalue weighted by Crippen LogP contribution is 2.28. The van der Waals surface area contributed by atoms with Gasteiger partial charge in [0.2, 0.25) is 0 Å². The Labute approximate surface area is 151 Å². The number of hydrogen-bond acceptors (Lipinski definition) is 3. The van der Waals surface area contributed by atoms with E-state index < -0.39 is 6.61 Å². The molecule has 1 N–H and O–H groups in total. The van der Waals surface area contributed by atoms with E-state index in [1.165, 1.54) is 18.7 Å². The molecule has 2 atom stereocenters. The molecule has 1 aromatic heterocycles. The fourth-order valence-corrected chi connectivity index (χ4v) is 3.68. The van der Waals surface area contributed by atoms with E-state index in [-0.39, 0.29) is 17.7 Å². The Bertz CT molecular complexity index is 795. The van der Waals surface area contributed by atoms with E-state index in [0.29, 0.717) is 22.6 Å². The standard InChI is InChI=1S/C20H24F2N2O2/c1-3-13-5-4-6-16(8-13)24-19(25)15-9-14-7-12(2)18(26-20(21)22)10-17(14)23-11-15/h7,9-11,13,16,20H,3-6,8H2,1-2H3,(H,24,25). The number of nitrogens with zero attached hydrogens (tertiary/aromatic N) is 1. The Morgan fingerprint density at radius 1 is 1.35 bits per heavy atom. The Morgan fingerprint density at radius 2 is 2.15 bits per heavy atom. The minimum atomic E-state index is -2.88. The van der Waals surface area contributed by atoms with E-state index in [1.807, 2.05) is 0 Å². The van der Waals surface area contributed by atoms with Crippen LogP contribution in [0.4, 0.5) is 8.78 Å². The molecule has 1 heterocycles. The molecule has 0 saturated heterocycles. The Balaban J connectivity index is 1.76. The first-order chi connectivity index (χ1) is 12.5. The summed E-state index contributed by atoms with van der Waals surface area (Å²) in [5, 5.41) is 3.84. The molecule has 1 aromatic carbocycles. The van der Waals surface area contributed by atoms with Crippen LogP contribution in [-0.2, 0) is 0 Å². The third-order valence-corrected chi connectivity index (χ3v) is 5.15. The number of ether oxygens (including phenoxy) is 1. The van der Waals surface area contributed by atoms with Crippen molar-refractivity contribution in [1.82, 2.24) is 10.3 Å². The molecule has 0 bridgehead atoms. The van der Waals surface area contributed by atoms with Gasteiger partial charge in [-0.15, -0.1) is 0 Å². The van der Waals surface area contributed by atoms with Crippen molar-refractivity contribution >= 4 is 16.8 Å². The number of aromatic nitrogens is 1. The molecule has 2 aromatic rings. The second-order valence-corrected chi connectivity index (χ2v) is 7.02. The maximum Gasteiger partial charge on any atom is 0.387 e. The van der Waals surface area contributed by atoms with Gasteiger partial charge in [0.25, 0.3) is 5.91 Å². The molecule has 0 spiro atoms. The van der Waals surface area contributed by atoms with Crippen molar-refractivity contribution in [2.75, 3.05) is 0 Å². The third kappa shape index (κ3) is 4.29. The topological polar surface area (TPSA) is 51.2 Å². The van der Waals surface area contributed by atoms with Crippen LogP contribution in [0, 0.1) is 12.8 Å². The fraction of sp³-hybridized carbons (Fsp3) is 0.500. The summed E-state index contributed by atoms with van der Waals surface area (Å²) in [4.78, 5) is 16.8. The molecule has 4 nitrogen and oxygen atoms in total. The highest BCUT2D eigenvalue weighted by Gasteiger charge is 2.22. The molecule has 0 radical (unpaired) electrons. The van der Waals surface area contributed by atoms with Crippen LogP contribution in [0.15, 0.2) is 24.4 Å². The van der Waals surface area contributed by atoms with Crippen molar-refractivity contribution in [3.63, 3.8) is 0 Å². The van der Waals surface area contributed by atoms with Gasteiger partial charge in [-0.25, -0.2) is 0 Å². The second kappa shape index (κ2) is 7.98. The van der Waals surface area contributed by atoms with Gasteiger partial charge in [0.15, 0.2) is 0 Å². The lowest BCUT2D eigenvalue weighted by molar-refractivity contribution is -0.0502. The van der Waals surface area contributed by atoms with Gasteiger partial charge in [-0.3, -0.25) is 9.78 Å². The van der Waals surface area contributed by atoms with Gasteiger partial charge in [0.05, 0.1) is 11.1 Å². The molecule has 3 rings (SSSR count). The third-order valence-electron chi connectivity index (χ3n) is 5.15. The summed E-state index contributed by atoms with van der Waals surface area (Å²) in [5.74, 6) is 0.649. The van der Waals surface area contributed by atoms with Crippen LogP contribution >= 0.6 is 0 Å². The van der Waals surface area contributed by atoms with Crippen molar-refractivity contribution in [3.8, 4) is 5.75 Å². The number of fused-ring (bicyclic) bond motifs is 1. The number of alkyl halides is 2. The number of halogens is 2. The predicted molar refractivity (Wildman–Crippen MR) is 96.6 cm³/mol. The summed E-state index contributed by atoms with van der Waals surface area (Å²) in [6.45, 7) is 1.01. The summed E-state index contributed by atoms with van der Waals surface area (Å²) >= 11 is 0. The molecule has 26 heavy (non-hydrogen) atoms. The van der Waals surface area contributed by atoms with Crippen LogP contribution in [0.2, 0.25) is 0 Å². The molecule has 0 aliphatic heterocycles. The van der Waals surface area contributed by atoms with E-state index >= 15 is 0 Å². The summed E-state index contributed by atoms with van der Waals surface area (Å²) in [6.07, 6.45) is 7.05. The average molecular weight is 362 g/mol. The summed E-state index contributed by atoms with van der Waals surface area (Å²) in [7, 11) is 0. The number of carbonyl (C=O) groups is 1. The number of rotatable bonds is 5. The van der Waals surface area contributed by atoms with Crippen molar-refractivity contribution in [2.24, 2.45) is 5.92 Å². The van der Waals surface area contributed by atoms with Crippen molar-refractivity contribution < 1.29 is 18.3 Å². The molecular weight excluding hydrogens is 338 g/mol. The molecular formula is C20H24F2N2O2. The number of pyridine rings is 1. The number of aryl methyl sites for hydroxylation is 1. The minimum absolute atomic E-state index is 0.102. The molecule has 1 aliphatic rings. The monoisotopic (exact) mass is 362 g/mol. The van der Waals surface area contributed by atoms with Crippen LogP contribution in [0.5, 0.6) is 5.75 Å². The van der Waals surface area contributed by atoms with Gasteiger partial charge < -0.3 is 10.1 Å². The van der Waals surface area contributed by atoms with Gasteiger partial charge in [-0.1, -0.05) is 26.2 Å². The molecule has 2 unspecified atom stereocenters. The predicted octanol–water partition coefficient (Wildman–Crippen LogP) is 4.84. The van der Waals surface area contributed by atoms with Gasteiger partial charge >= 0.3 is 6.61 Å². The first-order valence-electron chi connectivity index (χ1n) is 9.12. The molecule has 140 valence electrons. The van der Waals surface area contributed by atoms with Gasteiger partial charge in [-0.2, -0.15) is 8.78 Å². The normalized spacial score (nSPS) is 20.3. The van der Waals surface area contributed by atoms with E-state index in [4.69, 9.17) is 0 Å². The van der Waals surface area contributed by atoms with Crippen LogP contribution in [-0.4, -0.2) is 23.5 Å². The van der Waals surface area contributed by atoms with Crippen LogP contribution in [0.1, 0.15) is 54.9 Å². The lowest BCUT2D eigenvalue weighted by Crippen LogP contribution is -2.38. The first-order valence-corrected chi connectivity index (χ1v) is 9.12. The Kier molecular flexibility index (Phi) is 5.69. The molecule has 1 fully saturated rings. The van der Waals surface area contributed by atoms with E-state index in [9.17, 15) is 13.6 Å². The highest BCUT2D eigenvalue weighted by molar-refractivity contribution is 5.97. The van der Waals surface area contributed by atoms with E-state index in [2.05, 4.69) is 22.0 Å². The average Bonchev–Trinajstić information content (AvgIpc) is 2.61. The molecule has 1 aliphatic carbocycles. The van der Waals surface area contributed by atoms with Crippen LogP contribution in [0.3, 0.4) is 0 Å². The van der Waals surface area contributed by atoms with Gasteiger partial charge in [0, 0.05) is 23.7 Å².